The summed E-state index contributed by atoms with van der Waals surface area (Å²) in [6.07, 6.45) is 0.236. The Hall–Kier alpha value is -0.120. The molecule has 1 aliphatic heterocycles. The van der Waals surface area contributed by atoms with Gasteiger partial charge in [-0.1, -0.05) is 13.8 Å². The lowest BCUT2D eigenvalue weighted by molar-refractivity contribution is -0.210. The minimum atomic E-state index is -0.529. The molecule has 0 aromatic carbocycles. The maximum atomic E-state index is 9.76. The van der Waals surface area contributed by atoms with Crippen LogP contribution in [-0.4, -0.2) is 36.1 Å². The molecule has 0 saturated carbocycles. The van der Waals surface area contributed by atoms with Crippen LogP contribution in [0.15, 0.2) is 0 Å². The summed E-state index contributed by atoms with van der Waals surface area (Å²) in [4.78, 5) is 0. The zero-order chi connectivity index (χ0) is 11.4. The van der Waals surface area contributed by atoms with Crippen molar-refractivity contribution >= 4 is 0 Å². The predicted octanol–water partition coefficient (Wildman–Crippen LogP) is 1.98. The van der Waals surface area contributed by atoms with E-state index in [4.69, 9.17) is 9.47 Å². The van der Waals surface area contributed by atoms with E-state index in [1.54, 1.807) is 7.11 Å². The zero-order valence-corrected chi connectivity index (χ0v) is 10.2. The summed E-state index contributed by atoms with van der Waals surface area (Å²) in [7, 11) is 1.63. The van der Waals surface area contributed by atoms with E-state index in [0.29, 0.717) is 0 Å². The summed E-state index contributed by atoms with van der Waals surface area (Å²) in [5.74, 6) is 0. The van der Waals surface area contributed by atoms with E-state index in [1.165, 1.54) is 0 Å². The van der Waals surface area contributed by atoms with E-state index in [0.717, 1.165) is 6.42 Å². The first-order valence-electron chi connectivity index (χ1n) is 5.38. The van der Waals surface area contributed by atoms with E-state index >= 15 is 0 Å². The second-order valence-electron chi connectivity index (χ2n) is 3.82. The van der Waals surface area contributed by atoms with Crippen LogP contribution in [0.5, 0.6) is 0 Å². The first-order valence-corrected chi connectivity index (χ1v) is 5.38. The Morgan fingerprint density at radius 2 is 1.86 bits per heavy atom. The third-order valence-electron chi connectivity index (χ3n) is 2.68. The van der Waals surface area contributed by atoms with Gasteiger partial charge in [0.15, 0.2) is 0 Å². The molecule has 14 heavy (non-hydrogen) atoms. The van der Waals surface area contributed by atoms with Crippen molar-refractivity contribution in [3.8, 4) is 0 Å². The van der Waals surface area contributed by atoms with Crippen LogP contribution in [0.25, 0.3) is 0 Å². The van der Waals surface area contributed by atoms with Crippen LogP contribution in [0.1, 0.15) is 41.0 Å². The number of hydrogen-bond donors (Lipinski definition) is 1. The molecule has 1 fully saturated rings. The van der Waals surface area contributed by atoms with Crippen LogP contribution in [0.3, 0.4) is 0 Å². The van der Waals surface area contributed by atoms with Crippen LogP contribution >= 0.6 is 0 Å². The third-order valence-corrected chi connectivity index (χ3v) is 2.68. The van der Waals surface area contributed by atoms with Gasteiger partial charge in [0.2, 0.25) is 0 Å². The lowest BCUT2D eigenvalue weighted by Crippen LogP contribution is -2.55. The van der Waals surface area contributed by atoms with Crippen molar-refractivity contribution in [2.24, 2.45) is 0 Å². The molecule has 3 heteroatoms. The van der Waals surface area contributed by atoms with Crippen molar-refractivity contribution in [1.29, 1.82) is 0 Å². The molecule has 0 aromatic heterocycles. The Labute approximate surface area is 87.4 Å². The maximum absolute atomic E-state index is 9.76. The van der Waals surface area contributed by atoms with Gasteiger partial charge in [-0.3, -0.25) is 0 Å². The van der Waals surface area contributed by atoms with Crippen LogP contribution in [-0.2, 0) is 9.47 Å². The van der Waals surface area contributed by atoms with Crippen molar-refractivity contribution in [2.45, 2.75) is 65.0 Å². The second-order valence-corrected chi connectivity index (χ2v) is 3.82. The molecule has 0 aromatic rings. The van der Waals surface area contributed by atoms with Gasteiger partial charge < -0.3 is 14.6 Å². The minimum absolute atomic E-state index is 0.140. The van der Waals surface area contributed by atoms with Gasteiger partial charge in [0.05, 0.1) is 17.8 Å². The minimum Gasteiger partial charge on any atom is -0.387 e. The van der Waals surface area contributed by atoms with E-state index in [1.807, 2.05) is 34.6 Å². The Bertz CT molecular complexity index is 161. The number of rotatable bonds is 1. The largest absolute Gasteiger partial charge is 0.387 e. The smallest absolute Gasteiger partial charge is 0.109 e. The molecule has 3 nitrogen and oxygen atoms in total. The van der Waals surface area contributed by atoms with Crippen molar-refractivity contribution < 1.29 is 14.6 Å². The average molecular weight is 204 g/mol. The molecule has 1 aliphatic rings. The topological polar surface area (TPSA) is 38.7 Å². The molecule has 0 spiro atoms. The third kappa shape index (κ3) is 2.94. The first-order chi connectivity index (χ1) is 6.49. The zero-order valence-electron chi connectivity index (χ0n) is 10.2. The molecule has 1 N–H and O–H groups in total. The van der Waals surface area contributed by atoms with Crippen LogP contribution in [0.4, 0.5) is 0 Å². The molecule has 4 atom stereocenters. The summed E-state index contributed by atoms with van der Waals surface area (Å²) in [5.41, 5.74) is -0.447. The number of aliphatic hydroxyl groups excluding tert-OH is 1. The van der Waals surface area contributed by atoms with E-state index < -0.39 is 11.7 Å². The van der Waals surface area contributed by atoms with Gasteiger partial charge in [-0.2, -0.15) is 0 Å². The van der Waals surface area contributed by atoms with E-state index in [-0.39, 0.29) is 12.2 Å². The molecular weight excluding hydrogens is 180 g/mol. The van der Waals surface area contributed by atoms with Gasteiger partial charge in [-0.25, -0.2) is 0 Å². The van der Waals surface area contributed by atoms with Gasteiger partial charge in [0.1, 0.15) is 6.10 Å². The van der Waals surface area contributed by atoms with Crippen molar-refractivity contribution in [3.05, 3.63) is 0 Å². The maximum Gasteiger partial charge on any atom is 0.109 e. The van der Waals surface area contributed by atoms with E-state index in [9.17, 15) is 5.11 Å². The van der Waals surface area contributed by atoms with E-state index in [2.05, 4.69) is 0 Å². The average Bonchev–Trinajstić information content (AvgIpc) is 2.17. The SMILES string of the molecule is CC.CO[C@]1(C)C[C@H](C)O[C@@H](C)[C@@H]1O. The van der Waals surface area contributed by atoms with Crippen LogP contribution in [0, 0.1) is 0 Å². The highest BCUT2D eigenvalue weighted by molar-refractivity contribution is 4.93. The molecule has 0 aliphatic carbocycles. The van der Waals surface area contributed by atoms with Crippen molar-refractivity contribution in [2.75, 3.05) is 7.11 Å². The fraction of sp³-hybridized carbons (Fsp3) is 1.00. The highest BCUT2D eigenvalue weighted by Crippen LogP contribution is 2.31. The Morgan fingerprint density at radius 1 is 1.36 bits per heavy atom. The standard InChI is InChI=1S/C9H18O3.C2H6/c1-6-5-9(3,11-4)8(10)7(2)12-6;1-2/h6-8,10H,5H2,1-4H3;1-2H3/t6-,7-,8-,9+;/m0./s1. The summed E-state index contributed by atoms with van der Waals surface area (Å²) in [6.45, 7) is 9.80. The Balaban J connectivity index is 0.000000791. The summed E-state index contributed by atoms with van der Waals surface area (Å²) in [6, 6.07) is 0. The molecule has 86 valence electrons. The highest BCUT2D eigenvalue weighted by Gasteiger charge is 2.43. The van der Waals surface area contributed by atoms with Gasteiger partial charge in [-0.15, -0.1) is 0 Å². The monoisotopic (exact) mass is 204 g/mol. The molecule has 0 bridgehead atoms. The molecule has 0 unspecified atom stereocenters. The normalized spacial score (nSPS) is 42.6. The van der Waals surface area contributed by atoms with Gasteiger partial charge in [0.25, 0.3) is 0 Å². The fourth-order valence-electron chi connectivity index (χ4n) is 1.88. The fourth-order valence-corrected chi connectivity index (χ4v) is 1.88. The lowest BCUT2D eigenvalue weighted by atomic mass is 9.86. The lowest BCUT2D eigenvalue weighted by Gasteiger charge is -2.43. The molecule has 1 rings (SSSR count). The predicted molar refractivity (Wildman–Crippen MR) is 57.4 cm³/mol. The molecule has 0 amide bonds. The van der Waals surface area contributed by atoms with Gasteiger partial charge >= 0.3 is 0 Å². The van der Waals surface area contributed by atoms with Crippen LogP contribution < -0.4 is 0 Å². The number of aliphatic hydroxyl groups is 1. The number of ether oxygens (including phenoxy) is 2. The second kappa shape index (κ2) is 5.69. The van der Waals surface area contributed by atoms with Crippen LogP contribution in [0.2, 0.25) is 0 Å². The summed E-state index contributed by atoms with van der Waals surface area (Å²) in [5, 5.41) is 9.76. The summed E-state index contributed by atoms with van der Waals surface area (Å²) >= 11 is 0. The Morgan fingerprint density at radius 3 is 2.29 bits per heavy atom. The summed E-state index contributed by atoms with van der Waals surface area (Å²) < 4.78 is 10.8. The molecule has 0 radical (unpaired) electrons. The van der Waals surface area contributed by atoms with Gasteiger partial charge in [-0.05, 0) is 20.8 Å². The number of hydrogen-bond acceptors (Lipinski definition) is 3. The van der Waals surface area contributed by atoms with Crippen molar-refractivity contribution in [1.82, 2.24) is 0 Å². The van der Waals surface area contributed by atoms with Gasteiger partial charge in [0, 0.05) is 13.5 Å². The number of methoxy groups -OCH3 is 1. The quantitative estimate of drug-likeness (QED) is 0.709. The molecule has 1 heterocycles. The first kappa shape index (κ1) is 13.9. The molecule has 1 saturated heterocycles. The highest BCUT2D eigenvalue weighted by atomic mass is 16.5. The molecular formula is C11H24O3. The van der Waals surface area contributed by atoms with Crippen molar-refractivity contribution in [3.63, 3.8) is 0 Å². The Kier molecular flexibility index (Phi) is 5.64.